The minimum atomic E-state index is -4.91. The first-order chi connectivity index (χ1) is 19.3. The van der Waals surface area contributed by atoms with Crippen molar-refractivity contribution >= 4 is 40.4 Å². The molecule has 3 N–H and O–H groups in total. The molecular formula is C26H22F3N5O7. The Morgan fingerprint density at radius 3 is 2.39 bits per heavy atom. The summed E-state index contributed by atoms with van der Waals surface area (Å²) >= 11 is 0. The molecule has 0 bridgehead atoms. The van der Waals surface area contributed by atoms with E-state index in [9.17, 15) is 42.3 Å². The van der Waals surface area contributed by atoms with Crippen LogP contribution in [0.15, 0.2) is 64.4 Å². The average Bonchev–Trinajstić information content (AvgIpc) is 3.40. The van der Waals surface area contributed by atoms with Gasteiger partial charge in [-0.25, -0.2) is 9.59 Å². The molecule has 0 aliphatic heterocycles. The number of carbonyl (C=O) groups excluding carboxylic acids is 2. The summed E-state index contributed by atoms with van der Waals surface area (Å²) in [5, 5.41) is 11.8. The van der Waals surface area contributed by atoms with Gasteiger partial charge < -0.3 is 24.7 Å². The lowest BCUT2D eigenvalue weighted by atomic mass is 10.1. The summed E-state index contributed by atoms with van der Waals surface area (Å²) in [6, 6.07) is 8.15. The fraction of sp³-hybridized carbons (Fsp3) is 0.192. The molecule has 2 aromatic heterocycles. The van der Waals surface area contributed by atoms with Crippen LogP contribution in [0.2, 0.25) is 0 Å². The molecule has 0 aliphatic rings. The highest BCUT2D eigenvalue weighted by molar-refractivity contribution is 6.01. The zero-order chi connectivity index (χ0) is 30.1. The molecule has 0 saturated carbocycles. The summed E-state index contributed by atoms with van der Waals surface area (Å²) in [6.45, 7) is 0.914. The Labute approximate surface area is 228 Å². The first kappa shape index (κ1) is 28.7. The highest BCUT2D eigenvalue weighted by Gasteiger charge is 2.35. The molecule has 0 fully saturated rings. The van der Waals surface area contributed by atoms with E-state index in [2.05, 4.69) is 10.3 Å². The van der Waals surface area contributed by atoms with Crippen LogP contribution >= 0.6 is 0 Å². The van der Waals surface area contributed by atoms with E-state index in [1.807, 2.05) is 0 Å². The first-order valence-corrected chi connectivity index (χ1v) is 11.9. The van der Waals surface area contributed by atoms with Crippen molar-refractivity contribution in [1.82, 2.24) is 14.1 Å². The number of rotatable bonds is 7. The van der Waals surface area contributed by atoms with Crippen molar-refractivity contribution in [2.24, 2.45) is 0 Å². The Morgan fingerprint density at radius 1 is 1.10 bits per heavy atom. The topological polar surface area (TPSA) is 156 Å². The molecule has 12 nitrogen and oxygen atoms in total. The Kier molecular flexibility index (Phi) is 7.71. The van der Waals surface area contributed by atoms with Gasteiger partial charge in [0.15, 0.2) is 0 Å². The van der Waals surface area contributed by atoms with Crippen molar-refractivity contribution in [2.45, 2.75) is 19.6 Å². The standard InChI is InChI=1S/C26H22F3N5O7/c1-3-41-24(39)14-4-6-15(7-5-14)30-25(40)32(2)16-8-9-33(12-16)19-11-20-18(10-17(19)26(27,28)29)31-22(37)23(38)34(20)13-21(35)36/h4-12H,3,13H2,1-2H3,(H,30,40)(H,31,37)(H,35,36). The molecule has 4 aromatic rings. The molecule has 2 heterocycles. The predicted molar refractivity (Wildman–Crippen MR) is 141 cm³/mol. The molecule has 214 valence electrons. The Balaban J connectivity index is 1.69. The number of alkyl halides is 3. The monoisotopic (exact) mass is 573 g/mol. The number of aliphatic carboxylic acids is 1. The van der Waals surface area contributed by atoms with Gasteiger partial charge in [0.25, 0.3) is 0 Å². The maximum Gasteiger partial charge on any atom is 0.418 e. The van der Waals surface area contributed by atoms with Crippen molar-refractivity contribution in [3.05, 3.63) is 86.7 Å². The van der Waals surface area contributed by atoms with E-state index < -0.39 is 53.1 Å². The highest BCUT2D eigenvalue weighted by Crippen LogP contribution is 2.36. The summed E-state index contributed by atoms with van der Waals surface area (Å²) < 4.78 is 48.6. The van der Waals surface area contributed by atoms with Gasteiger partial charge in [-0.05, 0) is 49.4 Å². The Hall–Kier alpha value is -5.34. The number of carbonyl (C=O) groups is 3. The number of halogens is 3. The van der Waals surface area contributed by atoms with Crippen LogP contribution in [0.4, 0.5) is 29.3 Å². The number of nitrogens with zero attached hydrogens (tertiary/aromatic N) is 3. The lowest BCUT2D eigenvalue weighted by molar-refractivity contribution is -0.138. The van der Waals surface area contributed by atoms with Crippen molar-refractivity contribution in [2.75, 3.05) is 23.9 Å². The molecule has 0 radical (unpaired) electrons. The van der Waals surface area contributed by atoms with E-state index in [0.29, 0.717) is 16.3 Å². The molecular weight excluding hydrogens is 551 g/mol. The average molecular weight is 573 g/mol. The normalized spacial score (nSPS) is 11.3. The number of esters is 1. The van der Waals surface area contributed by atoms with Gasteiger partial charge in [-0.2, -0.15) is 13.2 Å². The zero-order valence-corrected chi connectivity index (χ0v) is 21.5. The number of anilines is 2. The third-order valence-corrected chi connectivity index (χ3v) is 5.99. The maximum absolute atomic E-state index is 14.0. The highest BCUT2D eigenvalue weighted by atomic mass is 19.4. The van der Waals surface area contributed by atoms with E-state index in [-0.39, 0.29) is 28.9 Å². The lowest BCUT2D eigenvalue weighted by Gasteiger charge is -2.18. The second-order valence-electron chi connectivity index (χ2n) is 8.69. The largest absolute Gasteiger partial charge is 0.480 e. The number of fused-ring (bicyclic) bond motifs is 1. The minimum absolute atomic E-state index is 0.184. The number of nitrogens with one attached hydrogen (secondary N) is 2. The molecule has 2 aromatic carbocycles. The van der Waals surface area contributed by atoms with Gasteiger partial charge in [0.1, 0.15) is 6.54 Å². The number of aromatic nitrogens is 3. The van der Waals surface area contributed by atoms with Crippen LogP contribution in [0.1, 0.15) is 22.8 Å². The first-order valence-electron chi connectivity index (χ1n) is 11.9. The smallest absolute Gasteiger partial charge is 0.418 e. The second-order valence-corrected chi connectivity index (χ2v) is 8.69. The van der Waals surface area contributed by atoms with Crippen LogP contribution in [0.25, 0.3) is 16.7 Å². The van der Waals surface area contributed by atoms with Crippen LogP contribution in [0.3, 0.4) is 0 Å². The second kappa shape index (κ2) is 11.0. The van der Waals surface area contributed by atoms with Crippen molar-refractivity contribution in [1.29, 1.82) is 0 Å². The molecule has 0 saturated heterocycles. The lowest BCUT2D eigenvalue weighted by Crippen LogP contribution is -2.38. The third kappa shape index (κ3) is 5.98. The van der Waals surface area contributed by atoms with Crippen molar-refractivity contribution in [3.63, 3.8) is 0 Å². The molecule has 2 amide bonds. The zero-order valence-electron chi connectivity index (χ0n) is 21.5. The fourth-order valence-corrected chi connectivity index (χ4v) is 4.00. The number of hydrogen-bond acceptors (Lipinski definition) is 6. The molecule has 4 rings (SSSR count). The van der Waals surface area contributed by atoms with E-state index in [4.69, 9.17) is 4.74 Å². The molecule has 41 heavy (non-hydrogen) atoms. The number of ether oxygens (including phenoxy) is 1. The molecule has 15 heteroatoms. The molecule has 0 spiro atoms. The maximum atomic E-state index is 14.0. The Morgan fingerprint density at radius 2 is 1.78 bits per heavy atom. The van der Waals surface area contributed by atoms with Gasteiger partial charge in [-0.1, -0.05) is 0 Å². The van der Waals surface area contributed by atoms with Crippen LogP contribution in [0.5, 0.6) is 0 Å². The number of carboxylic acid groups (broad SMARTS) is 1. The summed E-state index contributed by atoms with van der Waals surface area (Å²) in [4.78, 5) is 63.3. The van der Waals surface area contributed by atoms with Gasteiger partial charge >= 0.3 is 35.3 Å². The van der Waals surface area contributed by atoms with Gasteiger partial charge in [-0.3, -0.25) is 23.9 Å². The van der Waals surface area contributed by atoms with Crippen LogP contribution in [0, 0.1) is 0 Å². The number of carboxylic acids is 1. The van der Waals surface area contributed by atoms with E-state index in [1.165, 1.54) is 49.8 Å². The number of urea groups is 1. The molecule has 0 unspecified atom stereocenters. The van der Waals surface area contributed by atoms with Crippen LogP contribution in [-0.4, -0.2) is 50.8 Å². The summed E-state index contributed by atoms with van der Waals surface area (Å²) in [6.07, 6.45) is -2.43. The van der Waals surface area contributed by atoms with Crippen molar-refractivity contribution in [3.8, 4) is 5.69 Å². The number of benzene rings is 2. The number of aromatic amines is 1. The molecule has 0 aliphatic carbocycles. The summed E-state index contributed by atoms with van der Waals surface area (Å²) in [5.74, 6) is -2.01. The molecule has 0 atom stereocenters. The van der Waals surface area contributed by atoms with Gasteiger partial charge in [0.05, 0.1) is 40.1 Å². The summed E-state index contributed by atoms with van der Waals surface area (Å²) in [5.41, 5.74) is -4.00. The van der Waals surface area contributed by atoms with Gasteiger partial charge in [-0.15, -0.1) is 0 Å². The summed E-state index contributed by atoms with van der Waals surface area (Å²) in [7, 11) is 1.38. The number of hydrogen-bond donors (Lipinski definition) is 3. The number of amides is 2. The predicted octanol–water partition coefficient (Wildman–Crippen LogP) is 3.43. The fourth-order valence-electron chi connectivity index (χ4n) is 4.00. The van der Waals surface area contributed by atoms with Gasteiger partial charge in [0, 0.05) is 25.1 Å². The van der Waals surface area contributed by atoms with E-state index in [1.54, 1.807) is 6.92 Å². The van der Waals surface area contributed by atoms with Crippen molar-refractivity contribution < 1.29 is 37.4 Å². The quantitative estimate of drug-likeness (QED) is 0.226. The van der Waals surface area contributed by atoms with E-state index >= 15 is 0 Å². The number of H-pyrrole nitrogens is 1. The van der Waals surface area contributed by atoms with Crippen LogP contribution < -0.4 is 21.3 Å². The Bertz CT molecular complexity index is 1770. The van der Waals surface area contributed by atoms with Crippen LogP contribution in [-0.2, 0) is 22.3 Å². The third-order valence-electron chi connectivity index (χ3n) is 5.99. The van der Waals surface area contributed by atoms with Gasteiger partial charge in [0.2, 0.25) is 0 Å². The minimum Gasteiger partial charge on any atom is -0.480 e. The van der Waals surface area contributed by atoms with E-state index in [0.717, 1.165) is 15.5 Å². The SMILES string of the molecule is CCOC(=O)c1ccc(NC(=O)N(C)c2ccn(-c3cc4c(cc3C(F)(F)F)[nH]c(=O)c(=O)n4CC(=O)O)c2)cc1.